The molecule has 1 aromatic carbocycles. The van der Waals surface area contributed by atoms with E-state index in [1.165, 1.54) is 7.11 Å². The van der Waals surface area contributed by atoms with Gasteiger partial charge in [0.15, 0.2) is 5.82 Å². The second-order valence-corrected chi connectivity index (χ2v) is 7.75. The maximum atomic E-state index is 12.2. The molecule has 0 radical (unpaired) electrons. The van der Waals surface area contributed by atoms with E-state index in [-0.39, 0.29) is 17.6 Å². The molecule has 1 atom stereocenters. The molecule has 2 aromatic rings. The van der Waals surface area contributed by atoms with Crippen LogP contribution < -0.4 is 10.1 Å². The zero-order chi connectivity index (χ0) is 20.7. The van der Waals surface area contributed by atoms with Gasteiger partial charge in [-0.1, -0.05) is 37.2 Å². The molecular formula is C18H23ClN4O4S. The summed E-state index contributed by atoms with van der Waals surface area (Å²) in [6, 6.07) is 4.50. The van der Waals surface area contributed by atoms with Crippen molar-refractivity contribution < 1.29 is 19.1 Å². The predicted octanol–water partition coefficient (Wildman–Crippen LogP) is 2.93. The maximum Gasteiger partial charge on any atom is 0.328 e. The van der Waals surface area contributed by atoms with Gasteiger partial charge in [0.05, 0.1) is 25.5 Å². The first-order valence-electron chi connectivity index (χ1n) is 8.60. The van der Waals surface area contributed by atoms with Crippen LogP contribution in [0.4, 0.5) is 0 Å². The number of aromatic amines is 1. The van der Waals surface area contributed by atoms with Crippen molar-refractivity contribution >= 4 is 35.2 Å². The Labute approximate surface area is 172 Å². The smallest absolute Gasteiger partial charge is 0.328 e. The van der Waals surface area contributed by atoms with Crippen molar-refractivity contribution in [3.63, 3.8) is 0 Å². The number of H-pyrrole nitrogens is 1. The number of esters is 1. The van der Waals surface area contributed by atoms with Crippen LogP contribution in [0.15, 0.2) is 23.4 Å². The third-order valence-corrected chi connectivity index (χ3v) is 4.82. The summed E-state index contributed by atoms with van der Waals surface area (Å²) < 4.78 is 10.1. The zero-order valence-electron chi connectivity index (χ0n) is 16.1. The Morgan fingerprint density at radius 3 is 2.71 bits per heavy atom. The lowest BCUT2D eigenvalue weighted by molar-refractivity contribution is -0.145. The average Bonchev–Trinajstić information content (AvgIpc) is 3.13. The number of rotatable bonds is 9. The average molecular weight is 427 g/mol. The number of hydrogen-bond donors (Lipinski definition) is 2. The van der Waals surface area contributed by atoms with Gasteiger partial charge in [0.25, 0.3) is 0 Å². The van der Waals surface area contributed by atoms with E-state index in [0.29, 0.717) is 33.7 Å². The Hall–Kier alpha value is -2.26. The van der Waals surface area contributed by atoms with Crippen LogP contribution in [0.3, 0.4) is 0 Å². The lowest BCUT2D eigenvalue weighted by atomic mass is 10.0. The first-order valence-corrected chi connectivity index (χ1v) is 9.96. The number of ether oxygens (including phenoxy) is 2. The van der Waals surface area contributed by atoms with Crippen LogP contribution in [0.2, 0.25) is 5.02 Å². The van der Waals surface area contributed by atoms with Crippen molar-refractivity contribution in [1.29, 1.82) is 0 Å². The topological polar surface area (TPSA) is 106 Å². The van der Waals surface area contributed by atoms with Crippen LogP contribution in [0.1, 0.15) is 20.3 Å². The molecule has 0 saturated carbocycles. The summed E-state index contributed by atoms with van der Waals surface area (Å²) in [5, 5.41) is 10.6. The van der Waals surface area contributed by atoms with Crippen molar-refractivity contribution in [2.75, 3.05) is 20.0 Å². The van der Waals surface area contributed by atoms with Crippen molar-refractivity contribution in [3.05, 3.63) is 23.2 Å². The van der Waals surface area contributed by atoms with Crippen LogP contribution in [0.25, 0.3) is 11.4 Å². The largest absolute Gasteiger partial charge is 0.496 e. The van der Waals surface area contributed by atoms with E-state index in [0.717, 1.165) is 11.8 Å². The number of amides is 1. The van der Waals surface area contributed by atoms with Crippen LogP contribution in [-0.2, 0) is 14.3 Å². The monoisotopic (exact) mass is 426 g/mol. The highest BCUT2D eigenvalue weighted by Gasteiger charge is 2.23. The molecule has 8 nitrogen and oxygen atoms in total. The van der Waals surface area contributed by atoms with Gasteiger partial charge in [-0.15, -0.1) is 5.10 Å². The van der Waals surface area contributed by atoms with E-state index in [4.69, 9.17) is 21.1 Å². The number of thioether (sulfide) groups is 1. The summed E-state index contributed by atoms with van der Waals surface area (Å²) >= 11 is 7.19. The number of nitrogens with zero attached hydrogens (tertiary/aromatic N) is 2. The van der Waals surface area contributed by atoms with Gasteiger partial charge in [-0.2, -0.15) is 0 Å². The number of aromatic nitrogens is 3. The lowest BCUT2D eigenvalue weighted by Crippen LogP contribution is -2.43. The Bertz CT molecular complexity index is 828. The van der Waals surface area contributed by atoms with Crippen LogP contribution in [-0.4, -0.2) is 53.1 Å². The second kappa shape index (κ2) is 10.3. The van der Waals surface area contributed by atoms with E-state index in [2.05, 4.69) is 20.5 Å². The van der Waals surface area contributed by atoms with E-state index < -0.39 is 12.0 Å². The molecule has 0 aliphatic carbocycles. The highest BCUT2D eigenvalue weighted by Crippen LogP contribution is 2.31. The number of nitrogens with one attached hydrogen (secondary N) is 2. The van der Waals surface area contributed by atoms with E-state index in [1.807, 2.05) is 13.8 Å². The summed E-state index contributed by atoms with van der Waals surface area (Å²) in [6.07, 6.45) is 0.502. The molecule has 2 rings (SSSR count). The molecule has 0 aliphatic rings. The number of carbonyl (C=O) groups is 2. The molecule has 28 heavy (non-hydrogen) atoms. The van der Waals surface area contributed by atoms with Crippen LogP contribution in [0, 0.1) is 5.92 Å². The van der Waals surface area contributed by atoms with Gasteiger partial charge < -0.3 is 14.8 Å². The fourth-order valence-corrected chi connectivity index (χ4v) is 3.27. The van der Waals surface area contributed by atoms with E-state index in [9.17, 15) is 9.59 Å². The number of benzene rings is 1. The Morgan fingerprint density at radius 2 is 2.07 bits per heavy atom. The summed E-state index contributed by atoms with van der Waals surface area (Å²) in [6.45, 7) is 3.94. The lowest BCUT2D eigenvalue weighted by Gasteiger charge is -2.17. The molecule has 0 fully saturated rings. The SMILES string of the molecule is COC(=O)[C@@H](CC(C)C)NC(=O)CSc1n[nH]c(-c2cc(Cl)ccc2OC)n1. The first kappa shape index (κ1) is 22.0. The third kappa shape index (κ3) is 6.13. The molecule has 0 spiro atoms. The summed E-state index contributed by atoms with van der Waals surface area (Å²) in [5.41, 5.74) is 0.668. The molecule has 0 saturated heterocycles. The number of hydrogen-bond acceptors (Lipinski definition) is 7. The standard InChI is InChI=1S/C18H23ClN4O4S/c1-10(2)7-13(17(25)27-4)20-15(24)9-28-18-21-16(22-23-18)12-8-11(19)5-6-14(12)26-3/h5-6,8,10,13H,7,9H2,1-4H3,(H,20,24)(H,21,22,23)/t13-/m1/s1. The first-order chi connectivity index (χ1) is 13.3. The van der Waals surface area contributed by atoms with E-state index >= 15 is 0 Å². The van der Waals surface area contributed by atoms with E-state index in [1.54, 1.807) is 25.3 Å². The molecule has 0 aliphatic heterocycles. The van der Waals surface area contributed by atoms with Gasteiger partial charge in [0, 0.05) is 5.02 Å². The number of carbonyl (C=O) groups excluding carboxylic acids is 2. The summed E-state index contributed by atoms with van der Waals surface area (Å²) in [4.78, 5) is 28.4. The molecule has 0 unspecified atom stereocenters. The van der Waals surface area contributed by atoms with Crippen LogP contribution >= 0.6 is 23.4 Å². The Kier molecular flexibility index (Phi) is 8.13. The Morgan fingerprint density at radius 1 is 1.32 bits per heavy atom. The summed E-state index contributed by atoms with van der Waals surface area (Å²) in [5.74, 6) is 0.627. The maximum absolute atomic E-state index is 12.2. The van der Waals surface area contributed by atoms with Crippen molar-refractivity contribution in [1.82, 2.24) is 20.5 Å². The normalized spacial score (nSPS) is 11.9. The quantitative estimate of drug-likeness (QED) is 0.469. The molecule has 1 heterocycles. The minimum Gasteiger partial charge on any atom is -0.496 e. The molecule has 2 N–H and O–H groups in total. The molecule has 1 aromatic heterocycles. The highest BCUT2D eigenvalue weighted by molar-refractivity contribution is 7.99. The Balaban J connectivity index is 1.99. The minimum absolute atomic E-state index is 0.0650. The molecule has 1 amide bonds. The van der Waals surface area contributed by atoms with Gasteiger partial charge in [0.1, 0.15) is 11.8 Å². The zero-order valence-corrected chi connectivity index (χ0v) is 17.7. The van der Waals surface area contributed by atoms with Crippen molar-refractivity contribution in [2.45, 2.75) is 31.5 Å². The molecule has 0 bridgehead atoms. The fraction of sp³-hybridized carbons (Fsp3) is 0.444. The predicted molar refractivity (Wildman–Crippen MR) is 108 cm³/mol. The van der Waals surface area contributed by atoms with Gasteiger partial charge >= 0.3 is 5.97 Å². The highest BCUT2D eigenvalue weighted by atomic mass is 35.5. The second-order valence-electron chi connectivity index (χ2n) is 6.37. The van der Waals surface area contributed by atoms with Gasteiger partial charge in [-0.3, -0.25) is 9.89 Å². The molecule has 152 valence electrons. The van der Waals surface area contributed by atoms with Crippen molar-refractivity contribution in [3.8, 4) is 17.1 Å². The molecule has 10 heteroatoms. The molecular weight excluding hydrogens is 404 g/mol. The summed E-state index contributed by atoms with van der Waals surface area (Å²) in [7, 11) is 2.86. The van der Waals surface area contributed by atoms with Crippen molar-refractivity contribution in [2.24, 2.45) is 5.92 Å². The fourth-order valence-electron chi connectivity index (χ4n) is 2.49. The third-order valence-electron chi connectivity index (χ3n) is 3.74. The minimum atomic E-state index is -0.670. The van der Waals surface area contributed by atoms with Gasteiger partial charge in [-0.05, 0) is 30.5 Å². The van der Waals surface area contributed by atoms with Crippen LogP contribution in [0.5, 0.6) is 5.75 Å². The number of halogens is 1. The van der Waals surface area contributed by atoms with Gasteiger partial charge in [0.2, 0.25) is 11.1 Å². The van der Waals surface area contributed by atoms with Gasteiger partial charge in [-0.25, -0.2) is 9.78 Å². The number of methoxy groups -OCH3 is 2.